The maximum Gasteiger partial charge on any atom is 0.264 e. The summed E-state index contributed by atoms with van der Waals surface area (Å²) < 4.78 is 12.1. The van der Waals surface area contributed by atoms with Crippen molar-refractivity contribution in [3.8, 4) is 5.88 Å². The molecule has 3 aliphatic rings. The fourth-order valence-electron chi connectivity index (χ4n) is 4.27. The third kappa shape index (κ3) is 2.91. The number of pyridine rings is 1. The number of amides is 1. The fourth-order valence-corrected chi connectivity index (χ4v) is 5.50. The molecule has 2 aliphatic heterocycles. The first-order valence-electron chi connectivity index (χ1n) is 9.33. The molecule has 2 aromatic heterocycles. The van der Waals surface area contributed by atoms with Gasteiger partial charge in [-0.25, -0.2) is 4.98 Å². The molecule has 0 saturated carbocycles. The number of fused-ring (bicyclic) bond motifs is 1. The van der Waals surface area contributed by atoms with Crippen LogP contribution in [0, 0.1) is 0 Å². The van der Waals surface area contributed by atoms with Gasteiger partial charge in [0, 0.05) is 30.0 Å². The number of hydrogen-bond acceptors (Lipinski definition) is 5. The van der Waals surface area contributed by atoms with Gasteiger partial charge in [-0.1, -0.05) is 6.07 Å². The predicted molar refractivity (Wildman–Crippen MR) is 98.8 cm³/mol. The van der Waals surface area contributed by atoms with Crippen molar-refractivity contribution in [1.29, 1.82) is 0 Å². The zero-order valence-corrected chi connectivity index (χ0v) is 15.5. The van der Waals surface area contributed by atoms with Crippen molar-refractivity contribution >= 4 is 17.2 Å². The van der Waals surface area contributed by atoms with Crippen LogP contribution in [0.2, 0.25) is 0 Å². The van der Waals surface area contributed by atoms with Crippen LogP contribution in [0.4, 0.5) is 0 Å². The number of thiophene rings is 1. The quantitative estimate of drug-likeness (QED) is 0.833. The van der Waals surface area contributed by atoms with Gasteiger partial charge >= 0.3 is 0 Å². The van der Waals surface area contributed by atoms with E-state index in [1.807, 2.05) is 23.1 Å². The Labute approximate surface area is 156 Å². The van der Waals surface area contributed by atoms with Crippen molar-refractivity contribution in [2.24, 2.45) is 0 Å². The highest BCUT2D eigenvalue weighted by atomic mass is 32.1. The summed E-state index contributed by atoms with van der Waals surface area (Å²) in [7, 11) is 0. The summed E-state index contributed by atoms with van der Waals surface area (Å²) in [6.45, 7) is 2.00. The largest absolute Gasteiger partial charge is 0.474 e. The van der Waals surface area contributed by atoms with Crippen LogP contribution in [0.15, 0.2) is 30.5 Å². The van der Waals surface area contributed by atoms with E-state index in [9.17, 15) is 4.79 Å². The van der Waals surface area contributed by atoms with E-state index in [1.165, 1.54) is 16.9 Å². The van der Waals surface area contributed by atoms with Crippen LogP contribution in [-0.4, -0.2) is 47.2 Å². The van der Waals surface area contributed by atoms with Crippen molar-refractivity contribution < 1.29 is 14.3 Å². The summed E-state index contributed by atoms with van der Waals surface area (Å²) in [6.07, 6.45) is 7.01. The molecule has 1 amide bonds. The van der Waals surface area contributed by atoms with E-state index in [2.05, 4.69) is 11.1 Å². The lowest BCUT2D eigenvalue weighted by Crippen LogP contribution is -2.67. The molecule has 4 heterocycles. The van der Waals surface area contributed by atoms with E-state index in [-0.39, 0.29) is 17.6 Å². The number of carbonyl (C=O) groups is 1. The minimum atomic E-state index is -0.243. The lowest BCUT2D eigenvalue weighted by Gasteiger charge is -2.52. The van der Waals surface area contributed by atoms with Crippen LogP contribution in [0.1, 0.15) is 39.4 Å². The molecule has 2 fully saturated rings. The second-order valence-corrected chi connectivity index (χ2v) is 8.64. The lowest BCUT2D eigenvalue weighted by molar-refractivity contribution is -0.174. The molecule has 26 heavy (non-hydrogen) atoms. The molecule has 5 nitrogen and oxygen atoms in total. The topological polar surface area (TPSA) is 51.7 Å². The number of likely N-dealkylation sites (tertiary alicyclic amines) is 1. The van der Waals surface area contributed by atoms with Crippen LogP contribution < -0.4 is 4.74 Å². The van der Waals surface area contributed by atoms with Gasteiger partial charge in [-0.15, -0.1) is 11.3 Å². The van der Waals surface area contributed by atoms with Gasteiger partial charge in [0.15, 0.2) is 0 Å². The average molecular weight is 370 g/mol. The van der Waals surface area contributed by atoms with Gasteiger partial charge in [-0.2, -0.15) is 0 Å². The summed E-state index contributed by atoms with van der Waals surface area (Å²) in [5.41, 5.74) is 1.14. The molecule has 1 aliphatic carbocycles. The highest BCUT2D eigenvalue weighted by molar-refractivity contribution is 7.14. The standard InChI is InChI=1S/C20H22N2O3S/c23-19(17-10-14-4-3-5-16(14)26-17)22-12-20(13-22)11-15(7-9-24-20)25-18-6-1-2-8-21-18/h1-2,6,8,10,15H,3-5,7,9,11-13H2/t15-/m1/s1. The molecular formula is C20H22N2O3S. The van der Waals surface area contributed by atoms with Crippen LogP contribution in [0.3, 0.4) is 0 Å². The maximum atomic E-state index is 12.8. The predicted octanol–water partition coefficient (Wildman–Crippen LogP) is 3.08. The van der Waals surface area contributed by atoms with Gasteiger partial charge in [0.25, 0.3) is 5.91 Å². The molecule has 2 aromatic rings. The van der Waals surface area contributed by atoms with E-state index < -0.39 is 0 Å². The summed E-state index contributed by atoms with van der Waals surface area (Å²) in [6, 6.07) is 7.80. The van der Waals surface area contributed by atoms with Crippen LogP contribution in [0.5, 0.6) is 5.88 Å². The Kier molecular flexibility index (Phi) is 3.98. The maximum absolute atomic E-state index is 12.8. The van der Waals surface area contributed by atoms with E-state index in [0.29, 0.717) is 25.6 Å². The summed E-state index contributed by atoms with van der Waals surface area (Å²) >= 11 is 1.68. The molecule has 0 radical (unpaired) electrons. The molecule has 6 heteroatoms. The van der Waals surface area contributed by atoms with Crippen molar-refractivity contribution in [1.82, 2.24) is 9.88 Å². The summed E-state index contributed by atoms with van der Waals surface area (Å²) in [5.74, 6) is 0.821. The smallest absolute Gasteiger partial charge is 0.264 e. The number of carbonyl (C=O) groups excluding carboxylic acids is 1. The molecule has 0 bridgehead atoms. The van der Waals surface area contributed by atoms with E-state index in [4.69, 9.17) is 9.47 Å². The third-order valence-electron chi connectivity index (χ3n) is 5.58. The first-order chi connectivity index (χ1) is 12.7. The van der Waals surface area contributed by atoms with Gasteiger partial charge < -0.3 is 14.4 Å². The monoisotopic (exact) mass is 370 g/mol. The van der Waals surface area contributed by atoms with Gasteiger partial charge in [0.05, 0.1) is 24.6 Å². The van der Waals surface area contributed by atoms with Crippen molar-refractivity contribution in [2.45, 2.75) is 43.8 Å². The van der Waals surface area contributed by atoms with Gasteiger partial charge in [0.2, 0.25) is 5.88 Å². The number of aromatic nitrogens is 1. The molecule has 1 spiro atoms. The number of aryl methyl sites for hydroxylation is 2. The second-order valence-electron chi connectivity index (χ2n) is 7.51. The number of ether oxygens (including phenoxy) is 2. The molecule has 5 rings (SSSR count). The zero-order chi connectivity index (χ0) is 17.6. The molecule has 2 saturated heterocycles. The van der Waals surface area contributed by atoms with Crippen molar-refractivity contribution in [3.63, 3.8) is 0 Å². The molecule has 0 aromatic carbocycles. The first-order valence-corrected chi connectivity index (χ1v) is 10.1. The molecule has 1 atom stereocenters. The number of nitrogens with zero attached hydrogens (tertiary/aromatic N) is 2. The summed E-state index contributed by atoms with van der Waals surface area (Å²) in [5, 5.41) is 0. The highest BCUT2D eigenvalue weighted by Crippen LogP contribution is 2.38. The Hall–Kier alpha value is -1.92. The van der Waals surface area contributed by atoms with Crippen LogP contribution in [0.25, 0.3) is 0 Å². The molecule has 136 valence electrons. The lowest BCUT2D eigenvalue weighted by atomic mass is 9.84. The van der Waals surface area contributed by atoms with Crippen LogP contribution in [-0.2, 0) is 17.6 Å². The Bertz CT molecular complexity index is 792. The van der Waals surface area contributed by atoms with E-state index >= 15 is 0 Å². The molecular weight excluding hydrogens is 348 g/mol. The number of rotatable bonds is 3. The summed E-state index contributed by atoms with van der Waals surface area (Å²) in [4.78, 5) is 21.2. The van der Waals surface area contributed by atoms with E-state index in [1.54, 1.807) is 17.5 Å². The normalized spacial score (nSPS) is 23.5. The van der Waals surface area contributed by atoms with Crippen molar-refractivity contribution in [3.05, 3.63) is 45.8 Å². The second kappa shape index (κ2) is 6.35. The van der Waals surface area contributed by atoms with Gasteiger partial charge in [-0.3, -0.25) is 4.79 Å². The third-order valence-corrected chi connectivity index (χ3v) is 6.80. The minimum Gasteiger partial charge on any atom is -0.474 e. The molecule has 0 unspecified atom stereocenters. The van der Waals surface area contributed by atoms with E-state index in [0.717, 1.165) is 30.6 Å². The molecule has 0 N–H and O–H groups in total. The zero-order valence-electron chi connectivity index (χ0n) is 14.6. The van der Waals surface area contributed by atoms with Gasteiger partial charge in [-0.05, 0) is 37.0 Å². The fraction of sp³-hybridized carbons (Fsp3) is 0.500. The Balaban J connectivity index is 1.21. The van der Waals surface area contributed by atoms with Gasteiger partial charge in [0.1, 0.15) is 11.7 Å². The van der Waals surface area contributed by atoms with Crippen LogP contribution >= 0.6 is 11.3 Å². The highest BCUT2D eigenvalue weighted by Gasteiger charge is 2.50. The Morgan fingerprint density at radius 2 is 2.27 bits per heavy atom. The Morgan fingerprint density at radius 1 is 1.35 bits per heavy atom. The SMILES string of the molecule is O=C(c1cc2c(s1)CCC2)N1CC2(C[C@H](Oc3ccccn3)CCO2)C1. The Morgan fingerprint density at radius 3 is 3.08 bits per heavy atom. The average Bonchev–Trinajstić information content (AvgIpc) is 3.22. The number of hydrogen-bond donors (Lipinski definition) is 0. The first kappa shape index (κ1) is 16.3. The minimum absolute atomic E-state index is 0.0986. The van der Waals surface area contributed by atoms with Crippen molar-refractivity contribution in [2.75, 3.05) is 19.7 Å².